The molecule has 0 saturated heterocycles. The van der Waals surface area contributed by atoms with E-state index in [1.165, 1.54) is 18.4 Å². The third-order valence-corrected chi connectivity index (χ3v) is 2.97. The normalized spacial score (nSPS) is 10.0. The molecule has 0 bridgehead atoms. The first-order valence-electron chi connectivity index (χ1n) is 5.46. The third kappa shape index (κ3) is 4.95. The fourth-order valence-electron chi connectivity index (χ4n) is 1.20. The van der Waals surface area contributed by atoms with Crippen LogP contribution in [0.3, 0.4) is 0 Å². The van der Waals surface area contributed by atoms with Gasteiger partial charge in [-0.15, -0.1) is 11.3 Å². The van der Waals surface area contributed by atoms with Crippen LogP contribution in [0, 0.1) is 0 Å². The van der Waals surface area contributed by atoms with Crippen molar-refractivity contribution in [2.45, 2.75) is 32.6 Å². The maximum absolute atomic E-state index is 11.1. The van der Waals surface area contributed by atoms with Crippen molar-refractivity contribution in [3.8, 4) is 0 Å². The Labute approximate surface area is 104 Å². The number of aryl methyl sites for hydroxylation is 1. The number of carbonyl (C=O) groups excluding carboxylic acids is 2. The molecule has 1 amide bonds. The number of esters is 1. The average Bonchev–Trinajstić information content (AvgIpc) is 2.76. The number of rotatable bonds is 6. The predicted molar refractivity (Wildman–Crippen MR) is 66.0 cm³/mol. The van der Waals surface area contributed by atoms with Gasteiger partial charge in [0.05, 0.1) is 12.8 Å². The molecule has 0 aliphatic carbocycles. The first-order valence-corrected chi connectivity index (χ1v) is 6.34. The van der Waals surface area contributed by atoms with Crippen molar-refractivity contribution in [3.63, 3.8) is 0 Å². The Hall–Kier alpha value is -1.43. The van der Waals surface area contributed by atoms with Crippen molar-refractivity contribution in [2.75, 3.05) is 12.4 Å². The molecule has 1 rings (SSSR count). The smallest absolute Gasteiger partial charge is 0.305 e. The quantitative estimate of drug-likeness (QED) is 0.790. The zero-order chi connectivity index (χ0) is 12.7. The topological polar surface area (TPSA) is 68.3 Å². The minimum Gasteiger partial charge on any atom is -0.469 e. The molecular weight excluding hydrogens is 240 g/mol. The average molecular weight is 256 g/mol. The molecule has 0 unspecified atom stereocenters. The van der Waals surface area contributed by atoms with Gasteiger partial charge < -0.3 is 10.1 Å². The molecule has 17 heavy (non-hydrogen) atoms. The number of anilines is 1. The summed E-state index contributed by atoms with van der Waals surface area (Å²) < 4.78 is 4.55. The molecule has 1 N–H and O–H groups in total. The van der Waals surface area contributed by atoms with Gasteiger partial charge in [0.25, 0.3) is 0 Å². The van der Waals surface area contributed by atoms with Crippen LogP contribution < -0.4 is 5.32 Å². The van der Waals surface area contributed by atoms with Crippen LogP contribution in [-0.2, 0) is 20.7 Å². The lowest BCUT2D eigenvalue weighted by Crippen LogP contribution is -2.09. The molecule has 1 aromatic heterocycles. The lowest BCUT2D eigenvalue weighted by Gasteiger charge is -1.98. The molecule has 0 fully saturated rings. The summed E-state index contributed by atoms with van der Waals surface area (Å²) in [5.41, 5.74) is 0.894. The molecule has 0 aliphatic rings. The van der Waals surface area contributed by atoms with Crippen LogP contribution in [0.2, 0.25) is 0 Å². The molecule has 6 heteroatoms. The zero-order valence-corrected chi connectivity index (χ0v) is 10.8. The molecule has 0 aromatic carbocycles. The van der Waals surface area contributed by atoms with Crippen LogP contribution in [0.4, 0.5) is 5.13 Å². The van der Waals surface area contributed by atoms with Gasteiger partial charge in [0.2, 0.25) is 5.91 Å². The number of aromatic nitrogens is 1. The van der Waals surface area contributed by atoms with Crippen molar-refractivity contribution in [1.82, 2.24) is 4.98 Å². The van der Waals surface area contributed by atoms with E-state index in [0.717, 1.165) is 5.69 Å². The Morgan fingerprint density at radius 1 is 1.53 bits per heavy atom. The summed E-state index contributed by atoms with van der Waals surface area (Å²) in [6.07, 6.45) is 2.26. The molecule has 0 atom stereocenters. The van der Waals surface area contributed by atoms with Crippen LogP contribution in [0.25, 0.3) is 0 Å². The largest absolute Gasteiger partial charge is 0.469 e. The third-order valence-electron chi connectivity index (χ3n) is 2.16. The van der Waals surface area contributed by atoms with Gasteiger partial charge in [-0.2, -0.15) is 0 Å². The highest BCUT2D eigenvalue weighted by Gasteiger charge is 2.06. The van der Waals surface area contributed by atoms with E-state index in [1.54, 1.807) is 6.92 Å². The van der Waals surface area contributed by atoms with Crippen LogP contribution in [-0.4, -0.2) is 24.0 Å². The Morgan fingerprint density at radius 3 is 2.94 bits per heavy atom. The maximum atomic E-state index is 11.1. The summed E-state index contributed by atoms with van der Waals surface area (Å²) >= 11 is 1.40. The number of hydrogen-bond acceptors (Lipinski definition) is 5. The number of ether oxygens (including phenoxy) is 1. The van der Waals surface area contributed by atoms with Crippen molar-refractivity contribution >= 4 is 28.3 Å². The van der Waals surface area contributed by atoms with Gasteiger partial charge in [-0.3, -0.25) is 9.59 Å². The summed E-state index contributed by atoms with van der Waals surface area (Å²) in [4.78, 5) is 26.3. The van der Waals surface area contributed by atoms with E-state index >= 15 is 0 Å². The Bertz CT molecular complexity index is 390. The Balaban J connectivity index is 2.35. The Morgan fingerprint density at radius 2 is 2.29 bits per heavy atom. The van der Waals surface area contributed by atoms with Crippen molar-refractivity contribution in [3.05, 3.63) is 11.1 Å². The molecule has 1 aromatic rings. The van der Waals surface area contributed by atoms with Crippen molar-refractivity contribution in [1.29, 1.82) is 0 Å². The highest BCUT2D eigenvalue weighted by atomic mass is 32.1. The van der Waals surface area contributed by atoms with Crippen LogP contribution >= 0.6 is 11.3 Å². The zero-order valence-electron chi connectivity index (χ0n) is 9.99. The molecule has 94 valence electrons. The SMILES string of the molecule is CCC(=O)Nc1nc(CCCC(=O)OC)cs1. The fraction of sp³-hybridized carbons (Fsp3) is 0.545. The number of amides is 1. The minimum absolute atomic E-state index is 0.0412. The van der Waals surface area contributed by atoms with E-state index < -0.39 is 0 Å². The summed E-state index contributed by atoms with van der Waals surface area (Å²) in [6, 6.07) is 0. The van der Waals surface area contributed by atoms with Crippen LogP contribution in [0.15, 0.2) is 5.38 Å². The second-order valence-corrected chi connectivity index (χ2v) is 4.33. The van der Waals surface area contributed by atoms with E-state index in [2.05, 4.69) is 15.0 Å². The Kier molecular flexibility index (Phi) is 5.62. The van der Waals surface area contributed by atoms with E-state index in [0.29, 0.717) is 30.8 Å². The number of carbonyl (C=O) groups is 2. The van der Waals surface area contributed by atoms with E-state index in [1.807, 2.05) is 5.38 Å². The predicted octanol–water partition coefficient (Wildman–Crippen LogP) is 1.99. The summed E-state index contributed by atoms with van der Waals surface area (Å²) in [7, 11) is 1.38. The fourth-order valence-corrected chi connectivity index (χ4v) is 1.96. The standard InChI is InChI=1S/C11H16N2O3S/c1-3-9(14)13-11-12-8(7-17-11)5-4-6-10(15)16-2/h7H,3-6H2,1-2H3,(H,12,13,14). The first-order chi connectivity index (χ1) is 8.15. The molecule has 5 nitrogen and oxygen atoms in total. The van der Waals surface area contributed by atoms with Gasteiger partial charge in [-0.05, 0) is 12.8 Å². The summed E-state index contributed by atoms with van der Waals surface area (Å²) in [5, 5.41) is 5.21. The second kappa shape index (κ2) is 7.01. The highest BCUT2D eigenvalue weighted by Crippen LogP contribution is 2.17. The summed E-state index contributed by atoms with van der Waals surface area (Å²) in [5.74, 6) is -0.250. The number of hydrogen-bond donors (Lipinski definition) is 1. The summed E-state index contributed by atoms with van der Waals surface area (Å²) in [6.45, 7) is 1.79. The lowest BCUT2D eigenvalue weighted by molar-refractivity contribution is -0.140. The number of methoxy groups -OCH3 is 1. The van der Waals surface area contributed by atoms with Crippen LogP contribution in [0.5, 0.6) is 0 Å². The van der Waals surface area contributed by atoms with Gasteiger partial charge in [-0.1, -0.05) is 6.92 Å². The van der Waals surface area contributed by atoms with Crippen molar-refractivity contribution < 1.29 is 14.3 Å². The molecular formula is C11H16N2O3S. The van der Waals surface area contributed by atoms with Gasteiger partial charge in [0.15, 0.2) is 5.13 Å². The van der Waals surface area contributed by atoms with Gasteiger partial charge in [-0.25, -0.2) is 4.98 Å². The van der Waals surface area contributed by atoms with Crippen molar-refractivity contribution in [2.24, 2.45) is 0 Å². The highest BCUT2D eigenvalue weighted by molar-refractivity contribution is 7.13. The van der Waals surface area contributed by atoms with E-state index in [9.17, 15) is 9.59 Å². The number of thiazole rings is 1. The number of nitrogens with one attached hydrogen (secondary N) is 1. The number of nitrogens with zero attached hydrogens (tertiary/aromatic N) is 1. The van der Waals surface area contributed by atoms with Gasteiger partial charge in [0, 0.05) is 18.2 Å². The lowest BCUT2D eigenvalue weighted by atomic mass is 10.2. The molecule has 0 aliphatic heterocycles. The maximum Gasteiger partial charge on any atom is 0.305 e. The minimum atomic E-state index is -0.209. The monoisotopic (exact) mass is 256 g/mol. The van der Waals surface area contributed by atoms with Gasteiger partial charge >= 0.3 is 5.97 Å². The molecule has 1 heterocycles. The molecule has 0 spiro atoms. The van der Waals surface area contributed by atoms with E-state index in [-0.39, 0.29) is 11.9 Å². The molecule has 0 saturated carbocycles. The van der Waals surface area contributed by atoms with E-state index in [4.69, 9.17) is 0 Å². The first kappa shape index (κ1) is 13.6. The second-order valence-electron chi connectivity index (χ2n) is 3.48. The van der Waals surface area contributed by atoms with Gasteiger partial charge in [0.1, 0.15) is 0 Å². The van der Waals surface area contributed by atoms with Crippen LogP contribution in [0.1, 0.15) is 31.9 Å². The molecule has 0 radical (unpaired) electrons.